The Labute approximate surface area is 113 Å². The van der Waals surface area contributed by atoms with Gasteiger partial charge in [-0.2, -0.15) is 0 Å². The predicted molar refractivity (Wildman–Crippen MR) is 70.2 cm³/mol. The highest BCUT2D eigenvalue weighted by Crippen LogP contribution is 2.10. The third-order valence-corrected chi connectivity index (χ3v) is 3.61. The van der Waals surface area contributed by atoms with Crippen LogP contribution in [0.25, 0.3) is 0 Å². The van der Waals surface area contributed by atoms with Crippen molar-refractivity contribution >= 4 is 5.97 Å². The van der Waals surface area contributed by atoms with Crippen molar-refractivity contribution in [1.29, 1.82) is 0 Å². The van der Waals surface area contributed by atoms with E-state index in [-0.39, 0.29) is 17.7 Å². The Hall–Kier alpha value is -1.42. The maximum Gasteiger partial charge on any atom is 0.314 e. The van der Waals surface area contributed by atoms with Gasteiger partial charge in [0.15, 0.2) is 0 Å². The third-order valence-electron chi connectivity index (χ3n) is 3.61. The van der Waals surface area contributed by atoms with Crippen LogP contribution in [0, 0.1) is 11.7 Å². The van der Waals surface area contributed by atoms with Crippen LogP contribution in [0.2, 0.25) is 0 Å². The Balaban J connectivity index is 1.90. The van der Waals surface area contributed by atoms with Crippen LogP contribution in [-0.2, 0) is 16.1 Å². The summed E-state index contributed by atoms with van der Waals surface area (Å²) in [5.41, 5.74) is 1.11. The minimum Gasteiger partial charge on any atom is -0.466 e. The molecule has 1 aromatic rings. The highest BCUT2D eigenvalue weighted by atomic mass is 19.1. The minimum atomic E-state index is -0.207. The zero-order valence-electron chi connectivity index (χ0n) is 11.3. The van der Waals surface area contributed by atoms with Crippen LogP contribution in [0.1, 0.15) is 25.3 Å². The van der Waals surface area contributed by atoms with E-state index < -0.39 is 0 Å². The molecule has 2 rings (SSSR count). The summed E-state index contributed by atoms with van der Waals surface area (Å²) in [5, 5.41) is 0. The molecule has 1 aliphatic rings. The van der Waals surface area contributed by atoms with Crippen LogP contribution in [0.15, 0.2) is 24.3 Å². The van der Waals surface area contributed by atoms with Gasteiger partial charge in [-0.05, 0) is 31.9 Å². The van der Waals surface area contributed by atoms with Gasteiger partial charge >= 0.3 is 5.97 Å². The zero-order chi connectivity index (χ0) is 13.7. The van der Waals surface area contributed by atoms with E-state index in [1.54, 1.807) is 0 Å². The van der Waals surface area contributed by atoms with E-state index in [4.69, 9.17) is 4.74 Å². The SMILES string of the molecule is CCOC(=O)[C@@H]1CCC[NH+](Cc2ccc(F)cc2)C1. The second kappa shape index (κ2) is 6.66. The van der Waals surface area contributed by atoms with Crippen LogP contribution >= 0.6 is 0 Å². The molecule has 1 heterocycles. The van der Waals surface area contributed by atoms with E-state index in [9.17, 15) is 9.18 Å². The molecule has 1 aromatic carbocycles. The minimum absolute atomic E-state index is 0.0177. The number of likely N-dealkylation sites (tertiary alicyclic amines) is 1. The molecule has 0 aromatic heterocycles. The normalized spacial score (nSPS) is 23.1. The van der Waals surface area contributed by atoms with Gasteiger partial charge in [0.25, 0.3) is 0 Å². The van der Waals surface area contributed by atoms with Gasteiger partial charge in [0.1, 0.15) is 18.3 Å². The van der Waals surface area contributed by atoms with Gasteiger partial charge in [-0.1, -0.05) is 12.1 Å². The number of piperidine rings is 1. The standard InChI is InChI=1S/C15H20FNO2/c1-2-19-15(18)13-4-3-9-17(11-13)10-12-5-7-14(16)8-6-12/h5-8,13H,2-4,9-11H2,1H3/p+1/t13-/m1/s1. The summed E-state index contributed by atoms with van der Waals surface area (Å²) < 4.78 is 17.9. The Morgan fingerprint density at radius 2 is 2.16 bits per heavy atom. The van der Waals surface area contributed by atoms with Crippen molar-refractivity contribution < 1.29 is 18.8 Å². The lowest BCUT2D eigenvalue weighted by atomic mass is 9.98. The summed E-state index contributed by atoms with van der Waals surface area (Å²) in [4.78, 5) is 13.1. The van der Waals surface area contributed by atoms with E-state index in [0.29, 0.717) is 6.61 Å². The van der Waals surface area contributed by atoms with Crippen LogP contribution < -0.4 is 4.90 Å². The van der Waals surface area contributed by atoms with Gasteiger partial charge in [0.2, 0.25) is 0 Å². The molecule has 19 heavy (non-hydrogen) atoms. The molecular weight excluding hydrogens is 245 g/mol. The summed E-state index contributed by atoms with van der Waals surface area (Å²) in [6.07, 6.45) is 1.96. The van der Waals surface area contributed by atoms with E-state index in [1.165, 1.54) is 17.0 Å². The second-order valence-corrected chi connectivity index (χ2v) is 5.10. The van der Waals surface area contributed by atoms with Gasteiger partial charge in [0, 0.05) is 5.56 Å². The quantitative estimate of drug-likeness (QED) is 0.830. The van der Waals surface area contributed by atoms with Crippen molar-refractivity contribution in [2.45, 2.75) is 26.3 Å². The van der Waals surface area contributed by atoms with E-state index >= 15 is 0 Å². The van der Waals surface area contributed by atoms with Crippen molar-refractivity contribution in [2.75, 3.05) is 19.7 Å². The molecule has 0 amide bonds. The summed E-state index contributed by atoms with van der Waals surface area (Å²) in [7, 11) is 0. The molecule has 2 atom stereocenters. The average Bonchev–Trinajstić information content (AvgIpc) is 2.42. The first-order chi connectivity index (χ1) is 9.19. The van der Waals surface area contributed by atoms with E-state index in [1.807, 2.05) is 19.1 Å². The van der Waals surface area contributed by atoms with Crippen molar-refractivity contribution in [3.63, 3.8) is 0 Å². The van der Waals surface area contributed by atoms with Crippen LogP contribution in [0.5, 0.6) is 0 Å². The molecule has 0 radical (unpaired) electrons. The molecule has 1 saturated heterocycles. The van der Waals surface area contributed by atoms with E-state index in [2.05, 4.69) is 0 Å². The average molecular weight is 266 g/mol. The zero-order valence-corrected chi connectivity index (χ0v) is 11.3. The number of nitrogens with one attached hydrogen (secondary N) is 1. The Morgan fingerprint density at radius 1 is 1.42 bits per heavy atom. The maximum absolute atomic E-state index is 12.8. The van der Waals surface area contributed by atoms with Crippen molar-refractivity contribution in [2.24, 2.45) is 5.92 Å². The highest BCUT2D eigenvalue weighted by molar-refractivity contribution is 5.72. The number of rotatable bonds is 4. The first-order valence-electron chi connectivity index (χ1n) is 6.93. The molecule has 104 valence electrons. The first-order valence-corrected chi connectivity index (χ1v) is 6.93. The number of hydrogen-bond donors (Lipinski definition) is 1. The Morgan fingerprint density at radius 3 is 2.84 bits per heavy atom. The fraction of sp³-hybridized carbons (Fsp3) is 0.533. The second-order valence-electron chi connectivity index (χ2n) is 5.10. The molecule has 1 aliphatic heterocycles. The smallest absolute Gasteiger partial charge is 0.314 e. The lowest BCUT2D eigenvalue weighted by Crippen LogP contribution is -3.12. The van der Waals surface area contributed by atoms with Crippen LogP contribution in [-0.4, -0.2) is 25.7 Å². The summed E-state index contributed by atoms with van der Waals surface area (Å²) in [6.45, 7) is 5.01. The first kappa shape index (κ1) is 14.0. The molecule has 0 spiro atoms. The van der Waals surface area contributed by atoms with Crippen LogP contribution in [0.4, 0.5) is 4.39 Å². The number of esters is 1. The maximum atomic E-state index is 12.8. The summed E-state index contributed by atoms with van der Waals surface area (Å²) in [6, 6.07) is 6.61. The lowest BCUT2D eigenvalue weighted by Gasteiger charge is -2.28. The molecule has 1 fully saturated rings. The molecule has 1 unspecified atom stereocenters. The van der Waals surface area contributed by atoms with Crippen molar-refractivity contribution in [1.82, 2.24) is 0 Å². The van der Waals surface area contributed by atoms with Gasteiger partial charge in [-0.25, -0.2) is 4.39 Å². The number of benzene rings is 1. The monoisotopic (exact) mass is 266 g/mol. The summed E-state index contributed by atoms with van der Waals surface area (Å²) in [5.74, 6) is -0.259. The molecule has 0 aliphatic carbocycles. The number of halogens is 1. The highest BCUT2D eigenvalue weighted by Gasteiger charge is 2.29. The molecule has 0 bridgehead atoms. The van der Waals surface area contributed by atoms with Gasteiger partial charge < -0.3 is 9.64 Å². The number of hydrogen-bond acceptors (Lipinski definition) is 2. The van der Waals surface area contributed by atoms with E-state index in [0.717, 1.165) is 38.0 Å². The topological polar surface area (TPSA) is 30.7 Å². The number of carbonyl (C=O) groups is 1. The number of carbonyl (C=O) groups excluding carboxylic acids is 1. The number of quaternary nitrogens is 1. The summed E-state index contributed by atoms with van der Waals surface area (Å²) >= 11 is 0. The lowest BCUT2D eigenvalue weighted by molar-refractivity contribution is -0.921. The molecule has 1 N–H and O–H groups in total. The van der Waals surface area contributed by atoms with Gasteiger partial charge in [-0.15, -0.1) is 0 Å². The molecule has 0 saturated carbocycles. The van der Waals surface area contributed by atoms with Crippen molar-refractivity contribution in [3.05, 3.63) is 35.6 Å². The predicted octanol–water partition coefficient (Wildman–Crippen LogP) is 1.18. The Kier molecular flexibility index (Phi) is 4.91. The van der Waals surface area contributed by atoms with Crippen LogP contribution in [0.3, 0.4) is 0 Å². The molecule has 4 heteroatoms. The fourth-order valence-corrected chi connectivity index (χ4v) is 2.66. The third kappa shape index (κ3) is 4.03. The molecular formula is C15H21FNO2+. The van der Waals surface area contributed by atoms with Crippen molar-refractivity contribution in [3.8, 4) is 0 Å². The largest absolute Gasteiger partial charge is 0.466 e. The fourth-order valence-electron chi connectivity index (χ4n) is 2.66. The number of ether oxygens (including phenoxy) is 1. The van der Waals surface area contributed by atoms with Gasteiger partial charge in [-0.3, -0.25) is 4.79 Å². The van der Waals surface area contributed by atoms with Gasteiger partial charge in [0.05, 0.1) is 19.7 Å². The Bertz CT molecular complexity index is 419. The molecule has 3 nitrogen and oxygen atoms in total.